The van der Waals surface area contributed by atoms with Crippen LogP contribution in [-0.2, 0) is 4.74 Å². The van der Waals surface area contributed by atoms with E-state index < -0.39 is 0 Å². The van der Waals surface area contributed by atoms with E-state index in [9.17, 15) is 4.79 Å². The average Bonchev–Trinajstić information content (AvgIpc) is 2.54. The van der Waals surface area contributed by atoms with Gasteiger partial charge in [-0.1, -0.05) is 31.2 Å². The van der Waals surface area contributed by atoms with Crippen molar-refractivity contribution in [2.24, 2.45) is 5.92 Å². The molecule has 3 nitrogen and oxygen atoms in total. The standard InChI is InChI=1S/C17H20O3S/c1-3-12(11-21)10-20-16-9-14-7-5-4-6-13(14)8-15(16)17(18)19-2/h4-9,12,21H,3,10-11H2,1-2H3. The average molecular weight is 304 g/mol. The molecule has 0 aliphatic rings. The highest BCUT2D eigenvalue weighted by atomic mass is 32.1. The summed E-state index contributed by atoms with van der Waals surface area (Å²) >= 11 is 4.31. The minimum atomic E-state index is -0.380. The van der Waals surface area contributed by atoms with Crippen molar-refractivity contribution in [3.05, 3.63) is 42.0 Å². The summed E-state index contributed by atoms with van der Waals surface area (Å²) in [5, 5.41) is 2.03. The first-order valence-corrected chi connectivity index (χ1v) is 7.67. The molecular weight excluding hydrogens is 284 g/mol. The summed E-state index contributed by atoms with van der Waals surface area (Å²) in [6.45, 7) is 2.65. The Morgan fingerprint density at radius 1 is 1.24 bits per heavy atom. The lowest BCUT2D eigenvalue weighted by Gasteiger charge is -2.16. The summed E-state index contributed by atoms with van der Waals surface area (Å²) in [6.07, 6.45) is 0.991. The third kappa shape index (κ3) is 3.70. The van der Waals surface area contributed by atoms with Crippen LogP contribution >= 0.6 is 12.6 Å². The predicted molar refractivity (Wildman–Crippen MR) is 88.4 cm³/mol. The lowest BCUT2D eigenvalue weighted by Crippen LogP contribution is -2.14. The molecule has 0 radical (unpaired) electrons. The first-order valence-electron chi connectivity index (χ1n) is 7.04. The minimum absolute atomic E-state index is 0.366. The minimum Gasteiger partial charge on any atom is -0.492 e. The number of methoxy groups -OCH3 is 1. The Hall–Kier alpha value is -1.68. The summed E-state index contributed by atoms with van der Waals surface area (Å²) < 4.78 is 10.7. The summed E-state index contributed by atoms with van der Waals surface area (Å²) in [5.74, 6) is 1.32. The van der Waals surface area contributed by atoms with Crippen molar-refractivity contribution < 1.29 is 14.3 Å². The van der Waals surface area contributed by atoms with Crippen molar-refractivity contribution in [1.82, 2.24) is 0 Å². The number of thiol groups is 1. The van der Waals surface area contributed by atoms with Crippen molar-refractivity contribution in [3.8, 4) is 5.75 Å². The van der Waals surface area contributed by atoms with Crippen LogP contribution in [0.25, 0.3) is 10.8 Å². The van der Waals surface area contributed by atoms with Crippen LogP contribution in [0.2, 0.25) is 0 Å². The quantitative estimate of drug-likeness (QED) is 0.648. The van der Waals surface area contributed by atoms with Crippen LogP contribution in [0.15, 0.2) is 36.4 Å². The molecule has 0 spiro atoms. The molecule has 0 aliphatic carbocycles. The van der Waals surface area contributed by atoms with Crippen molar-refractivity contribution in [1.29, 1.82) is 0 Å². The first kappa shape index (κ1) is 15.7. The van der Waals surface area contributed by atoms with Crippen LogP contribution in [0.3, 0.4) is 0 Å². The number of ether oxygens (including phenoxy) is 2. The fourth-order valence-corrected chi connectivity index (χ4v) is 2.48. The highest BCUT2D eigenvalue weighted by Gasteiger charge is 2.16. The zero-order valence-electron chi connectivity index (χ0n) is 12.3. The van der Waals surface area contributed by atoms with Gasteiger partial charge in [-0.2, -0.15) is 12.6 Å². The second kappa shape index (κ2) is 7.36. The predicted octanol–water partition coefficient (Wildman–Crippen LogP) is 3.96. The van der Waals surface area contributed by atoms with E-state index in [4.69, 9.17) is 9.47 Å². The molecular formula is C17H20O3S. The molecule has 1 unspecified atom stereocenters. The van der Waals surface area contributed by atoms with Gasteiger partial charge < -0.3 is 9.47 Å². The molecule has 0 amide bonds. The topological polar surface area (TPSA) is 35.5 Å². The van der Waals surface area contributed by atoms with Crippen molar-refractivity contribution in [2.45, 2.75) is 13.3 Å². The molecule has 0 N–H and O–H groups in total. The molecule has 4 heteroatoms. The van der Waals surface area contributed by atoms with Gasteiger partial charge >= 0.3 is 5.97 Å². The van der Waals surface area contributed by atoms with Crippen molar-refractivity contribution in [2.75, 3.05) is 19.5 Å². The Balaban J connectivity index is 2.36. The number of carbonyl (C=O) groups is 1. The Kier molecular flexibility index (Phi) is 5.51. The summed E-state index contributed by atoms with van der Waals surface area (Å²) in [7, 11) is 1.38. The van der Waals surface area contributed by atoms with Gasteiger partial charge in [0.05, 0.1) is 13.7 Å². The molecule has 1 atom stereocenters. The van der Waals surface area contributed by atoms with E-state index in [0.29, 0.717) is 23.8 Å². The SMILES string of the molecule is CCC(CS)COc1cc2ccccc2cc1C(=O)OC. The molecule has 21 heavy (non-hydrogen) atoms. The summed E-state index contributed by atoms with van der Waals surface area (Å²) in [5.41, 5.74) is 0.463. The monoisotopic (exact) mass is 304 g/mol. The third-order valence-corrected chi connectivity index (χ3v) is 4.08. The second-order valence-electron chi connectivity index (χ2n) is 4.95. The molecule has 0 heterocycles. The second-order valence-corrected chi connectivity index (χ2v) is 5.32. The van der Waals surface area contributed by atoms with E-state index >= 15 is 0 Å². The molecule has 2 rings (SSSR count). The zero-order chi connectivity index (χ0) is 15.2. The van der Waals surface area contributed by atoms with Crippen LogP contribution in [0.1, 0.15) is 23.7 Å². The van der Waals surface area contributed by atoms with Gasteiger partial charge in [0.25, 0.3) is 0 Å². The van der Waals surface area contributed by atoms with Gasteiger partial charge in [0.2, 0.25) is 0 Å². The number of hydrogen-bond donors (Lipinski definition) is 1. The fraction of sp³-hybridized carbons (Fsp3) is 0.353. The molecule has 0 aliphatic heterocycles. The number of rotatable bonds is 6. The number of esters is 1. The summed E-state index contributed by atoms with van der Waals surface area (Å²) in [6, 6.07) is 11.6. The highest BCUT2D eigenvalue weighted by molar-refractivity contribution is 7.80. The molecule has 0 aromatic heterocycles. The van der Waals surface area contributed by atoms with E-state index in [1.54, 1.807) is 0 Å². The van der Waals surface area contributed by atoms with Gasteiger partial charge in [0.15, 0.2) is 0 Å². The highest BCUT2D eigenvalue weighted by Crippen LogP contribution is 2.27. The van der Waals surface area contributed by atoms with Gasteiger partial charge in [0.1, 0.15) is 11.3 Å². The fourth-order valence-electron chi connectivity index (χ4n) is 2.12. The number of fused-ring (bicyclic) bond motifs is 1. The maximum absolute atomic E-state index is 11.9. The lowest BCUT2D eigenvalue weighted by molar-refractivity contribution is 0.0595. The van der Waals surface area contributed by atoms with Crippen molar-refractivity contribution in [3.63, 3.8) is 0 Å². The Morgan fingerprint density at radius 3 is 2.48 bits per heavy atom. The third-order valence-electron chi connectivity index (χ3n) is 3.56. The smallest absolute Gasteiger partial charge is 0.341 e. The normalized spacial score (nSPS) is 12.1. The van der Waals surface area contributed by atoms with Crippen LogP contribution in [0, 0.1) is 5.92 Å². The number of benzene rings is 2. The van der Waals surface area contributed by atoms with E-state index in [2.05, 4.69) is 19.6 Å². The van der Waals surface area contributed by atoms with E-state index in [-0.39, 0.29) is 5.97 Å². The lowest BCUT2D eigenvalue weighted by atomic mass is 10.1. The van der Waals surface area contributed by atoms with Crippen LogP contribution in [0.5, 0.6) is 5.75 Å². The van der Waals surface area contributed by atoms with Crippen molar-refractivity contribution >= 4 is 29.4 Å². The summed E-state index contributed by atoms with van der Waals surface area (Å²) in [4.78, 5) is 11.9. The molecule has 0 bridgehead atoms. The molecule has 0 saturated heterocycles. The van der Waals surface area contributed by atoms with Crippen LogP contribution in [-0.4, -0.2) is 25.4 Å². The molecule has 2 aromatic carbocycles. The van der Waals surface area contributed by atoms with Gasteiger partial charge in [-0.15, -0.1) is 0 Å². The zero-order valence-corrected chi connectivity index (χ0v) is 13.2. The Morgan fingerprint density at radius 2 is 1.90 bits per heavy atom. The van der Waals surface area contributed by atoms with E-state index in [1.165, 1.54) is 7.11 Å². The van der Waals surface area contributed by atoms with E-state index in [1.807, 2.05) is 36.4 Å². The van der Waals surface area contributed by atoms with Gasteiger partial charge in [-0.25, -0.2) is 4.79 Å². The molecule has 0 fully saturated rings. The largest absolute Gasteiger partial charge is 0.492 e. The van der Waals surface area contributed by atoms with Gasteiger partial charge in [-0.3, -0.25) is 0 Å². The molecule has 112 valence electrons. The van der Waals surface area contributed by atoms with Crippen LogP contribution in [0.4, 0.5) is 0 Å². The first-order chi connectivity index (χ1) is 10.2. The van der Waals surface area contributed by atoms with Gasteiger partial charge in [-0.05, 0) is 35.1 Å². The van der Waals surface area contributed by atoms with Gasteiger partial charge in [0, 0.05) is 5.92 Å². The maximum atomic E-state index is 11.9. The Bertz CT molecular complexity index is 620. The number of hydrogen-bond acceptors (Lipinski definition) is 4. The Labute approximate surface area is 130 Å². The molecule has 2 aromatic rings. The molecule has 0 saturated carbocycles. The van der Waals surface area contributed by atoms with Crippen LogP contribution < -0.4 is 4.74 Å². The van der Waals surface area contributed by atoms with E-state index in [0.717, 1.165) is 22.9 Å². The number of carbonyl (C=O) groups excluding carboxylic acids is 1. The maximum Gasteiger partial charge on any atom is 0.341 e.